The third kappa shape index (κ3) is 6.51. The average molecular weight is 573 g/mol. The highest BCUT2D eigenvalue weighted by Gasteiger charge is 2.34. The number of aryl methyl sites for hydroxylation is 1. The van der Waals surface area contributed by atoms with Gasteiger partial charge < -0.3 is 10.1 Å². The fraction of sp³-hybridized carbons (Fsp3) is 0.344. The van der Waals surface area contributed by atoms with Crippen LogP contribution in [0.25, 0.3) is 11.0 Å². The molecule has 1 aromatic heterocycles. The quantitative estimate of drug-likeness (QED) is 0.217. The zero-order chi connectivity index (χ0) is 29.1. The molecule has 8 nitrogen and oxygen atoms in total. The maximum Gasteiger partial charge on any atom is 0.340 e. The van der Waals surface area contributed by atoms with Crippen molar-refractivity contribution >= 4 is 44.3 Å². The second kappa shape index (κ2) is 11.9. The number of nitrogens with one attached hydrogen (secondary N) is 2. The van der Waals surface area contributed by atoms with Gasteiger partial charge in [-0.2, -0.15) is 0 Å². The summed E-state index contributed by atoms with van der Waals surface area (Å²) >= 11 is 0. The van der Waals surface area contributed by atoms with Crippen LogP contribution in [0.2, 0.25) is 0 Å². The third-order valence-corrected chi connectivity index (χ3v) is 9.11. The second-order valence-corrected chi connectivity index (χ2v) is 13.0. The van der Waals surface area contributed by atoms with Gasteiger partial charge in [-0.05, 0) is 73.9 Å². The number of nitrogens with zero attached hydrogens (tertiary/aromatic N) is 2. The van der Waals surface area contributed by atoms with E-state index in [2.05, 4.69) is 40.8 Å². The first-order valence-electron chi connectivity index (χ1n) is 14.0. The van der Waals surface area contributed by atoms with Crippen LogP contribution in [0.4, 0.5) is 17.3 Å². The molecule has 214 valence electrons. The maximum atomic E-state index is 13.5. The van der Waals surface area contributed by atoms with Crippen LogP contribution < -0.4 is 10.0 Å². The van der Waals surface area contributed by atoms with E-state index in [1.807, 2.05) is 19.1 Å². The first kappa shape index (κ1) is 28.5. The van der Waals surface area contributed by atoms with Crippen LogP contribution in [0.15, 0.2) is 77.7 Å². The summed E-state index contributed by atoms with van der Waals surface area (Å²) in [6.45, 7) is 8.44. The van der Waals surface area contributed by atoms with E-state index >= 15 is 0 Å². The second-order valence-electron chi connectivity index (χ2n) is 11.3. The van der Waals surface area contributed by atoms with Gasteiger partial charge in [0.1, 0.15) is 6.10 Å². The number of ether oxygens (including phenoxy) is 1. The van der Waals surface area contributed by atoms with Crippen molar-refractivity contribution in [2.75, 3.05) is 10.0 Å². The molecule has 0 bridgehead atoms. The predicted octanol–water partition coefficient (Wildman–Crippen LogP) is 7.10. The molecule has 0 amide bonds. The number of esters is 1. The maximum absolute atomic E-state index is 13.5. The lowest BCUT2D eigenvalue weighted by Gasteiger charge is -2.36. The lowest BCUT2D eigenvalue weighted by atomic mass is 9.75. The molecule has 0 unspecified atom stereocenters. The van der Waals surface area contributed by atoms with E-state index in [1.165, 1.54) is 0 Å². The van der Waals surface area contributed by atoms with Crippen molar-refractivity contribution in [3.8, 4) is 0 Å². The molecule has 1 saturated carbocycles. The summed E-state index contributed by atoms with van der Waals surface area (Å²) in [6.07, 6.45) is 2.85. The Kier molecular flexibility index (Phi) is 8.26. The summed E-state index contributed by atoms with van der Waals surface area (Å²) in [4.78, 5) is 22.9. The number of fused-ring (bicyclic) bond motifs is 1. The number of hydrogen-bond acceptors (Lipinski definition) is 7. The largest absolute Gasteiger partial charge is 0.458 e. The van der Waals surface area contributed by atoms with E-state index < -0.39 is 16.0 Å². The summed E-state index contributed by atoms with van der Waals surface area (Å²) < 4.78 is 35.3. The Morgan fingerprint density at radius 2 is 1.54 bits per heavy atom. The first-order valence-corrected chi connectivity index (χ1v) is 15.5. The van der Waals surface area contributed by atoms with Crippen molar-refractivity contribution in [3.63, 3.8) is 0 Å². The van der Waals surface area contributed by atoms with Gasteiger partial charge in [-0.3, -0.25) is 4.72 Å². The molecule has 5 rings (SSSR count). The predicted molar refractivity (Wildman–Crippen MR) is 162 cm³/mol. The van der Waals surface area contributed by atoms with E-state index in [-0.39, 0.29) is 22.6 Å². The van der Waals surface area contributed by atoms with Gasteiger partial charge in [-0.15, -0.1) is 0 Å². The molecule has 41 heavy (non-hydrogen) atoms. The summed E-state index contributed by atoms with van der Waals surface area (Å²) in [5.41, 5.74) is 2.84. The molecule has 0 aliphatic heterocycles. The number of carbonyl (C=O) groups is 1. The SMILES string of the molecule is Cc1ccc(S(=O)(=O)Nc2nc3ccccc3nc2Nc2ccccc2C(=O)O[C@@H]2C[C@H](C)CC[C@H]2C(C)C)cc1. The number of sulfonamides is 1. The number of aromatic nitrogens is 2. The van der Waals surface area contributed by atoms with Crippen LogP contribution in [-0.4, -0.2) is 30.5 Å². The number of rotatable bonds is 8. The highest BCUT2D eigenvalue weighted by atomic mass is 32.2. The summed E-state index contributed by atoms with van der Waals surface area (Å²) in [6, 6.07) is 20.8. The molecular weight excluding hydrogens is 536 g/mol. The molecule has 1 aliphatic carbocycles. The van der Waals surface area contributed by atoms with Gasteiger partial charge in [0.05, 0.1) is 27.2 Å². The molecule has 1 fully saturated rings. The van der Waals surface area contributed by atoms with E-state index in [0.29, 0.717) is 40.0 Å². The zero-order valence-electron chi connectivity index (χ0n) is 23.8. The van der Waals surface area contributed by atoms with Crippen molar-refractivity contribution in [3.05, 3.63) is 83.9 Å². The van der Waals surface area contributed by atoms with Crippen molar-refractivity contribution in [1.29, 1.82) is 0 Å². The van der Waals surface area contributed by atoms with Gasteiger partial charge in [-0.25, -0.2) is 23.2 Å². The van der Waals surface area contributed by atoms with Gasteiger partial charge in [0, 0.05) is 0 Å². The van der Waals surface area contributed by atoms with Crippen molar-refractivity contribution in [1.82, 2.24) is 9.97 Å². The van der Waals surface area contributed by atoms with Crippen molar-refractivity contribution in [2.24, 2.45) is 17.8 Å². The van der Waals surface area contributed by atoms with Crippen LogP contribution in [-0.2, 0) is 14.8 Å². The Hall–Kier alpha value is -3.98. The Labute approximate surface area is 241 Å². The molecule has 1 heterocycles. The van der Waals surface area contributed by atoms with Crippen LogP contribution >= 0.6 is 0 Å². The lowest BCUT2D eigenvalue weighted by Crippen LogP contribution is -2.36. The number of anilines is 3. The normalized spacial score (nSPS) is 19.2. The average Bonchev–Trinajstić information content (AvgIpc) is 2.93. The monoisotopic (exact) mass is 572 g/mol. The smallest absolute Gasteiger partial charge is 0.340 e. The molecule has 0 spiro atoms. The number of benzene rings is 3. The van der Waals surface area contributed by atoms with Crippen molar-refractivity contribution in [2.45, 2.75) is 58.0 Å². The Morgan fingerprint density at radius 3 is 2.22 bits per heavy atom. The minimum absolute atomic E-state index is 0.0217. The Bertz CT molecular complexity index is 1650. The van der Waals surface area contributed by atoms with Gasteiger partial charge >= 0.3 is 5.97 Å². The Morgan fingerprint density at radius 1 is 0.902 bits per heavy atom. The minimum atomic E-state index is -3.96. The molecule has 0 saturated heterocycles. The Balaban J connectivity index is 1.48. The van der Waals surface area contributed by atoms with E-state index in [4.69, 9.17) is 4.74 Å². The topological polar surface area (TPSA) is 110 Å². The standard InChI is InChI=1S/C32H36N4O4S/c1-20(2)24-18-15-22(4)19-29(24)40-32(37)25-9-5-6-10-26(25)33-30-31(35-28-12-8-7-11-27(28)34-30)36-41(38,39)23-16-13-21(3)14-17-23/h5-14,16-17,20,22,24,29H,15,18-19H2,1-4H3,(H,33,34)(H,35,36)/t22-,24+,29-/m1/s1. The highest BCUT2D eigenvalue weighted by Crippen LogP contribution is 2.36. The lowest BCUT2D eigenvalue weighted by molar-refractivity contribution is -0.0173. The molecule has 1 aliphatic rings. The van der Waals surface area contributed by atoms with Gasteiger partial charge in [-0.1, -0.05) is 69.2 Å². The molecular formula is C32H36N4O4S. The molecule has 3 atom stereocenters. The summed E-state index contributed by atoms with van der Waals surface area (Å²) in [5, 5.41) is 3.18. The fourth-order valence-electron chi connectivity index (χ4n) is 5.41. The van der Waals surface area contributed by atoms with E-state index in [0.717, 1.165) is 24.8 Å². The molecule has 2 N–H and O–H groups in total. The first-order chi connectivity index (χ1) is 19.6. The van der Waals surface area contributed by atoms with E-state index in [1.54, 1.807) is 60.7 Å². The summed E-state index contributed by atoms with van der Waals surface area (Å²) in [7, 11) is -3.96. The third-order valence-electron chi connectivity index (χ3n) is 7.75. The fourth-order valence-corrected chi connectivity index (χ4v) is 6.42. The molecule has 3 aromatic carbocycles. The van der Waals surface area contributed by atoms with Crippen molar-refractivity contribution < 1.29 is 17.9 Å². The van der Waals surface area contributed by atoms with Gasteiger partial charge in [0.2, 0.25) is 0 Å². The highest BCUT2D eigenvalue weighted by molar-refractivity contribution is 7.92. The summed E-state index contributed by atoms with van der Waals surface area (Å²) in [5.74, 6) is 0.982. The molecule has 9 heteroatoms. The van der Waals surface area contributed by atoms with Crippen LogP contribution in [0.1, 0.15) is 56.0 Å². The number of para-hydroxylation sites is 3. The minimum Gasteiger partial charge on any atom is -0.458 e. The molecule has 0 radical (unpaired) electrons. The van der Waals surface area contributed by atoms with Crippen LogP contribution in [0.3, 0.4) is 0 Å². The molecule has 4 aromatic rings. The van der Waals surface area contributed by atoms with Gasteiger partial charge in [0.25, 0.3) is 10.0 Å². The number of carbonyl (C=O) groups excluding carboxylic acids is 1. The van der Waals surface area contributed by atoms with E-state index in [9.17, 15) is 13.2 Å². The van der Waals surface area contributed by atoms with Crippen LogP contribution in [0.5, 0.6) is 0 Å². The number of hydrogen-bond donors (Lipinski definition) is 2. The van der Waals surface area contributed by atoms with Crippen LogP contribution in [0, 0.1) is 24.7 Å². The zero-order valence-corrected chi connectivity index (χ0v) is 24.6. The van der Waals surface area contributed by atoms with Gasteiger partial charge in [0.15, 0.2) is 11.6 Å².